The van der Waals surface area contributed by atoms with Crippen LogP contribution in [-0.2, 0) is 9.59 Å². The number of H-pyrrole nitrogens is 2. The Balaban J connectivity index is 0.000000138. The van der Waals surface area contributed by atoms with Gasteiger partial charge in [0.2, 0.25) is 11.8 Å². The highest BCUT2D eigenvalue weighted by Crippen LogP contribution is 2.48. The van der Waals surface area contributed by atoms with Gasteiger partial charge in [0.25, 0.3) is 0 Å². The van der Waals surface area contributed by atoms with E-state index in [1.165, 1.54) is 0 Å². The summed E-state index contributed by atoms with van der Waals surface area (Å²) in [6.07, 6.45) is 15.7. The van der Waals surface area contributed by atoms with E-state index in [4.69, 9.17) is 9.97 Å². The number of carbonyl (C=O) groups excluding carboxylic acids is 2. The van der Waals surface area contributed by atoms with E-state index in [2.05, 4.69) is 54.7 Å². The van der Waals surface area contributed by atoms with Gasteiger partial charge in [-0.1, -0.05) is 13.8 Å². The summed E-state index contributed by atoms with van der Waals surface area (Å²) in [6.45, 7) is 7.14. The van der Waals surface area contributed by atoms with E-state index in [1.807, 2.05) is 59.1 Å². The van der Waals surface area contributed by atoms with Crippen LogP contribution >= 0.6 is 0 Å². The Morgan fingerprint density at radius 3 is 1.48 bits per heavy atom. The summed E-state index contributed by atoms with van der Waals surface area (Å²) in [5.41, 5.74) is 4.07. The van der Waals surface area contributed by atoms with E-state index in [1.54, 1.807) is 0 Å². The van der Waals surface area contributed by atoms with Gasteiger partial charge in [0.1, 0.15) is 22.5 Å². The summed E-state index contributed by atoms with van der Waals surface area (Å²) in [4.78, 5) is 54.0. The Morgan fingerprint density at radius 2 is 1.10 bits per heavy atom. The molecule has 52 heavy (non-hydrogen) atoms. The molecule has 0 unspecified atom stereocenters. The highest BCUT2D eigenvalue weighted by Gasteiger charge is 2.54. The SMILES string of the molecule is C[C@@H]1CCN(C(=O)C2(C#N)CC2)C[C@@H]1c1ncc2cnc3[nH]ccc3n12.C[C@H]1CCN(C(=O)C2(C#N)CC2)C[C@H]1c1ncc2cnc3[nH]ccc3n12. The summed E-state index contributed by atoms with van der Waals surface area (Å²) >= 11 is 0. The lowest BCUT2D eigenvalue weighted by molar-refractivity contribution is -0.137. The minimum atomic E-state index is -0.752. The van der Waals surface area contributed by atoms with Crippen LogP contribution in [0.1, 0.15) is 75.9 Å². The number of likely N-dealkylation sites (tertiary alicyclic amines) is 2. The zero-order valence-electron chi connectivity index (χ0n) is 29.3. The number of hydrogen-bond acceptors (Lipinski definition) is 8. The Labute approximate surface area is 299 Å². The number of nitriles is 2. The van der Waals surface area contributed by atoms with Crippen LogP contribution in [0.4, 0.5) is 0 Å². The monoisotopic (exact) mass is 696 g/mol. The molecule has 10 rings (SSSR count). The normalized spacial score (nSPS) is 24.7. The fourth-order valence-electron chi connectivity index (χ4n) is 8.31. The molecule has 2 saturated carbocycles. The van der Waals surface area contributed by atoms with Crippen molar-refractivity contribution in [3.8, 4) is 12.1 Å². The number of carbonyl (C=O) groups is 2. The average molecular weight is 697 g/mol. The molecule has 0 radical (unpaired) electrons. The third kappa shape index (κ3) is 5.03. The Hall–Kier alpha value is -5.76. The molecular formula is C38H40N12O2. The number of hydrogen-bond donors (Lipinski definition) is 2. The van der Waals surface area contributed by atoms with Gasteiger partial charge < -0.3 is 19.8 Å². The van der Waals surface area contributed by atoms with Gasteiger partial charge in [-0.3, -0.25) is 18.4 Å². The molecule has 0 spiro atoms. The number of imidazole rings is 2. The molecule has 6 aromatic heterocycles. The van der Waals surface area contributed by atoms with Crippen molar-refractivity contribution in [3.05, 3.63) is 61.0 Å². The molecule has 4 aliphatic rings. The highest BCUT2D eigenvalue weighted by atomic mass is 16.2. The van der Waals surface area contributed by atoms with Crippen molar-refractivity contribution in [1.29, 1.82) is 10.5 Å². The van der Waals surface area contributed by atoms with Gasteiger partial charge in [-0.15, -0.1) is 0 Å². The van der Waals surface area contributed by atoms with Gasteiger partial charge in [-0.2, -0.15) is 10.5 Å². The first-order valence-corrected chi connectivity index (χ1v) is 18.3. The van der Waals surface area contributed by atoms with Crippen LogP contribution in [-0.4, -0.2) is 86.5 Å². The number of fused-ring (bicyclic) bond motifs is 6. The number of aromatic nitrogens is 8. The average Bonchev–Trinajstić information content (AvgIpc) is 3.82. The second-order valence-electron chi connectivity index (χ2n) is 15.3. The first-order chi connectivity index (χ1) is 25.3. The zero-order valence-corrected chi connectivity index (χ0v) is 29.3. The molecule has 2 saturated heterocycles. The maximum atomic E-state index is 12.8. The number of aromatic amines is 2. The maximum Gasteiger partial charge on any atom is 0.243 e. The van der Waals surface area contributed by atoms with Crippen LogP contribution in [0.25, 0.3) is 33.4 Å². The second kappa shape index (κ2) is 11.9. The molecule has 14 heteroatoms. The summed E-state index contributed by atoms with van der Waals surface area (Å²) < 4.78 is 4.29. The maximum absolute atomic E-state index is 12.8. The van der Waals surface area contributed by atoms with Crippen LogP contribution in [0.5, 0.6) is 0 Å². The number of nitrogens with zero attached hydrogens (tertiary/aromatic N) is 10. The number of rotatable bonds is 4. The van der Waals surface area contributed by atoms with Crippen LogP contribution < -0.4 is 0 Å². The minimum absolute atomic E-state index is 0.00576. The van der Waals surface area contributed by atoms with Crippen molar-refractivity contribution in [2.24, 2.45) is 22.7 Å². The molecule has 264 valence electrons. The van der Waals surface area contributed by atoms with Crippen LogP contribution in [0.15, 0.2) is 49.3 Å². The van der Waals surface area contributed by atoms with Gasteiger partial charge >= 0.3 is 0 Å². The van der Waals surface area contributed by atoms with Crippen LogP contribution in [0, 0.1) is 45.3 Å². The van der Waals surface area contributed by atoms with E-state index >= 15 is 0 Å². The van der Waals surface area contributed by atoms with E-state index in [-0.39, 0.29) is 23.7 Å². The van der Waals surface area contributed by atoms with Gasteiger partial charge in [-0.25, -0.2) is 19.9 Å². The summed E-state index contributed by atoms with van der Waals surface area (Å²) in [7, 11) is 0. The molecule has 2 N–H and O–H groups in total. The van der Waals surface area contributed by atoms with Crippen molar-refractivity contribution in [1.82, 2.24) is 48.5 Å². The molecule has 0 aromatic carbocycles. The molecule has 2 aliphatic heterocycles. The van der Waals surface area contributed by atoms with Gasteiger partial charge in [0.05, 0.1) is 59.0 Å². The van der Waals surface area contributed by atoms with E-state index in [9.17, 15) is 20.1 Å². The van der Waals surface area contributed by atoms with Crippen molar-refractivity contribution >= 4 is 45.2 Å². The van der Waals surface area contributed by atoms with Crippen molar-refractivity contribution in [3.63, 3.8) is 0 Å². The second-order valence-corrected chi connectivity index (χ2v) is 15.3. The van der Waals surface area contributed by atoms with Crippen molar-refractivity contribution in [2.45, 2.75) is 64.2 Å². The number of amides is 2. The Bertz CT molecular complexity index is 2280. The standard InChI is InChI=1S/2C19H20N6O/c2*1-12-3-7-24(18(26)19(11-20)4-5-19)10-14(12)17-23-9-13-8-22-16-15(25(13)17)2-6-21-16/h2*2,6,8-9,12,14,21H,3-5,7,10H2,1H3/t2*12-,14+/m10/s1. The lowest BCUT2D eigenvalue weighted by atomic mass is 9.85. The van der Waals surface area contributed by atoms with Crippen LogP contribution in [0.3, 0.4) is 0 Å². The Morgan fingerprint density at radius 1 is 0.692 bits per heavy atom. The number of piperidine rings is 2. The van der Waals surface area contributed by atoms with Gasteiger partial charge in [-0.05, 0) is 62.5 Å². The predicted molar refractivity (Wildman–Crippen MR) is 190 cm³/mol. The quantitative estimate of drug-likeness (QED) is 0.260. The molecular weight excluding hydrogens is 656 g/mol. The van der Waals surface area contributed by atoms with Gasteiger partial charge in [0.15, 0.2) is 11.3 Å². The molecule has 2 amide bonds. The fraction of sp³-hybridized carbons (Fsp3) is 0.474. The molecule has 2 aliphatic carbocycles. The molecule has 8 heterocycles. The summed E-state index contributed by atoms with van der Waals surface area (Å²) in [6, 6.07) is 8.48. The smallest absolute Gasteiger partial charge is 0.243 e. The first-order valence-electron chi connectivity index (χ1n) is 18.3. The third-order valence-corrected chi connectivity index (χ3v) is 12.1. The van der Waals surface area contributed by atoms with Gasteiger partial charge in [0, 0.05) is 50.4 Å². The molecule has 4 atom stereocenters. The molecule has 14 nitrogen and oxygen atoms in total. The minimum Gasteiger partial charge on any atom is -0.345 e. The predicted octanol–water partition coefficient (Wildman–Crippen LogP) is 4.93. The molecule has 6 aromatic rings. The lowest BCUT2D eigenvalue weighted by Gasteiger charge is -2.37. The lowest BCUT2D eigenvalue weighted by Crippen LogP contribution is -2.45. The van der Waals surface area contributed by atoms with E-state index in [0.717, 1.165) is 70.9 Å². The fourth-order valence-corrected chi connectivity index (χ4v) is 8.31. The largest absolute Gasteiger partial charge is 0.345 e. The Kier molecular flexibility index (Phi) is 7.36. The van der Waals surface area contributed by atoms with E-state index in [0.29, 0.717) is 50.6 Å². The summed E-state index contributed by atoms with van der Waals surface area (Å²) in [5.74, 6) is 3.08. The zero-order chi connectivity index (χ0) is 35.8. The number of nitrogens with one attached hydrogen (secondary N) is 2. The van der Waals surface area contributed by atoms with Crippen molar-refractivity contribution in [2.75, 3.05) is 26.2 Å². The van der Waals surface area contributed by atoms with Crippen molar-refractivity contribution < 1.29 is 9.59 Å². The first kappa shape index (κ1) is 32.2. The van der Waals surface area contributed by atoms with Crippen LogP contribution in [0.2, 0.25) is 0 Å². The topological polar surface area (TPSA) is 180 Å². The highest BCUT2D eigenvalue weighted by molar-refractivity contribution is 5.89. The molecule has 0 bridgehead atoms. The van der Waals surface area contributed by atoms with E-state index < -0.39 is 10.8 Å². The molecule has 4 fully saturated rings. The summed E-state index contributed by atoms with van der Waals surface area (Å²) in [5, 5.41) is 18.7. The third-order valence-electron chi connectivity index (χ3n) is 12.1.